The second-order valence-corrected chi connectivity index (χ2v) is 4.76. The van der Waals surface area contributed by atoms with Crippen molar-refractivity contribution in [1.29, 1.82) is 0 Å². The molecule has 0 saturated carbocycles. The van der Waals surface area contributed by atoms with Gasteiger partial charge in [-0.25, -0.2) is 0 Å². The summed E-state index contributed by atoms with van der Waals surface area (Å²) in [6.07, 6.45) is 2.97. The molecule has 2 N–H and O–H groups in total. The van der Waals surface area contributed by atoms with Gasteiger partial charge in [0.15, 0.2) is 0 Å². The van der Waals surface area contributed by atoms with E-state index in [-0.39, 0.29) is 11.9 Å². The van der Waals surface area contributed by atoms with E-state index < -0.39 is 0 Å². The number of ether oxygens (including phenoxy) is 1. The lowest BCUT2D eigenvalue weighted by Crippen LogP contribution is -2.40. The van der Waals surface area contributed by atoms with E-state index in [2.05, 4.69) is 24.5 Å². The quantitative estimate of drug-likeness (QED) is 0.637. The average Bonchev–Trinajstić information content (AvgIpc) is 2.75. The fourth-order valence-corrected chi connectivity index (χ4v) is 1.74. The van der Waals surface area contributed by atoms with Crippen LogP contribution in [0, 0.1) is 5.92 Å². The van der Waals surface area contributed by atoms with Crippen molar-refractivity contribution in [3.8, 4) is 0 Å². The van der Waals surface area contributed by atoms with E-state index in [0.717, 1.165) is 45.6 Å². The Kier molecular flexibility index (Phi) is 6.42. The molecule has 0 aliphatic carbocycles. The highest BCUT2D eigenvalue weighted by molar-refractivity contribution is 5.81. The molecule has 1 heterocycles. The molecule has 4 nitrogen and oxygen atoms in total. The molecule has 0 aromatic heterocycles. The Morgan fingerprint density at radius 1 is 1.56 bits per heavy atom. The van der Waals surface area contributed by atoms with Gasteiger partial charge in [0.1, 0.15) is 0 Å². The zero-order valence-electron chi connectivity index (χ0n) is 10.4. The fraction of sp³-hybridized carbons (Fsp3) is 0.917. The van der Waals surface area contributed by atoms with Gasteiger partial charge >= 0.3 is 0 Å². The van der Waals surface area contributed by atoms with Crippen LogP contribution >= 0.6 is 0 Å². The van der Waals surface area contributed by atoms with Crippen molar-refractivity contribution in [1.82, 2.24) is 10.6 Å². The molecule has 1 aliphatic heterocycles. The van der Waals surface area contributed by atoms with Gasteiger partial charge in [0.05, 0.1) is 6.04 Å². The number of hydrogen-bond donors (Lipinski definition) is 2. The maximum absolute atomic E-state index is 11.6. The average molecular weight is 228 g/mol. The molecule has 1 amide bonds. The molecule has 4 heteroatoms. The van der Waals surface area contributed by atoms with Crippen LogP contribution in [0.3, 0.4) is 0 Å². The lowest BCUT2D eigenvalue weighted by Gasteiger charge is -2.11. The lowest BCUT2D eigenvalue weighted by molar-refractivity contribution is -0.122. The second-order valence-electron chi connectivity index (χ2n) is 4.76. The summed E-state index contributed by atoms with van der Waals surface area (Å²) in [6, 6.07) is 0.0385. The molecule has 0 radical (unpaired) electrons. The van der Waals surface area contributed by atoms with Gasteiger partial charge in [-0.3, -0.25) is 4.79 Å². The van der Waals surface area contributed by atoms with E-state index in [1.807, 2.05) is 0 Å². The van der Waals surface area contributed by atoms with Gasteiger partial charge < -0.3 is 15.4 Å². The molecule has 1 fully saturated rings. The van der Waals surface area contributed by atoms with Gasteiger partial charge in [0.25, 0.3) is 0 Å². The predicted molar refractivity (Wildman–Crippen MR) is 64.3 cm³/mol. The molecule has 94 valence electrons. The van der Waals surface area contributed by atoms with Crippen molar-refractivity contribution < 1.29 is 9.53 Å². The van der Waals surface area contributed by atoms with E-state index in [0.29, 0.717) is 5.92 Å². The van der Waals surface area contributed by atoms with Crippen LogP contribution in [0.25, 0.3) is 0 Å². The van der Waals surface area contributed by atoms with E-state index in [9.17, 15) is 4.79 Å². The Labute approximate surface area is 98.1 Å². The maximum Gasteiger partial charge on any atom is 0.237 e. The molecule has 16 heavy (non-hydrogen) atoms. The van der Waals surface area contributed by atoms with E-state index in [4.69, 9.17) is 4.74 Å². The normalized spacial score (nSPS) is 20.3. The highest BCUT2D eigenvalue weighted by Crippen LogP contribution is 2.04. The summed E-state index contributed by atoms with van der Waals surface area (Å²) in [4.78, 5) is 11.6. The van der Waals surface area contributed by atoms with Crippen LogP contribution in [-0.2, 0) is 9.53 Å². The zero-order chi connectivity index (χ0) is 11.8. The number of carbonyl (C=O) groups is 1. The number of nitrogens with one attached hydrogen (secondary N) is 2. The number of carbonyl (C=O) groups excluding carboxylic acids is 1. The first-order valence-corrected chi connectivity index (χ1v) is 6.29. The largest absolute Gasteiger partial charge is 0.381 e. The van der Waals surface area contributed by atoms with Crippen LogP contribution in [0.5, 0.6) is 0 Å². The lowest BCUT2D eigenvalue weighted by atomic mass is 10.2. The van der Waals surface area contributed by atoms with Crippen molar-refractivity contribution in [2.45, 2.75) is 39.2 Å². The number of hydrogen-bond acceptors (Lipinski definition) is 3. The Balaban J connectivity index is 1.92. The highest BCUT2D eigenvalue weighted by atomic mass is 16.5. The third-order valence-electron chi connectivity index (χ3n) is 2.59. The first-order chi connectivity index (χ1) is 7.70. The molecular weight excluding hydrogens is 204 g/mol. The first kappa shape index (κ1) is 13.5. The molecule has 1 unspecified atom stereocenters. The van der Waals surface area contributed by atoms with Crippen molar-refractivity contribution in [3.05, 3.63) is 0 Å². The minimum Gasteiger partial charge on any atom is -0.381 e. The monoisotopic (exact) mass is 228 g/mol. The molecule has 1 aliphatic rings. The third kappa shape index (κ3) is 5.47. The Morgan fingerprint density at radius 3 is 3.00 bits per heavy atom. The smallest absolute Gasteiger partial charge is 0.237 e. The minimum absolute atomic E-state index is 0.0385. The van der Waals surface area contributed by atoms with Crippen LogP contribution in [0.2, 0.25) is 0 Å². The summed E-state index contributed by atoms with van der Waals surface area (Å²) in [5.41, 5.74) is 0. The van der Waals surface area contributed by atoms with Gasteiger partial charge in [0.2, 0.25) is 5.91 Å². The molecular formula is C12H24N2O2. The van der Waals surface area contributed by atoms with Gasteiger partial charge in [-0.05, 0) is 31.7 Å². The van der Waals surface area contributed by atoms with Crippen LogP contribution in [0.1, 0.15) is 33.1 Å². The molecule has 0 aromatic rings. The molecule has 0 spiro atoms. The van der Waals surface area contributed by atoms with Crippen LogP contribution in [0.4, 0.5) is 0 Å². The van der Waals surface area contributed by atoms with E-state index >= 15 is 0 Å². The van der Waals surface area contributed by atoms with E-state index in [1.54, 1.807) is 0 Å². The summed E-state index contributed by atoms with van der Waals surface area (Å²) in [6.45, 7) is 7.49. The molecule has 1 rings (SSSR count). The first-order valence-electron chi connectivity index (χ1n) is 6.29. The van der Waals surface area contributed by atoms with Gasteiger partial charge in [-0.2, -0.15) is 0 Å². The maximum atomic E-state index is 11.6. The van der Waals surface area contributed by atoms with Crippen molar-refractivity contribution in [3.63, 3.8) is 0 Å². The molecule has 1 saturated heterocycles. The molecule has 0 bridgehead atoms. The SMILES string of the molecule is CC(C)COCCCNC(=O)C1CCCN1. The van der Waals surface area contributed by atoms with Crippen LogP contribution in [-0.4, -0.2) is 38.3 Å². The van der Waals surface area contributed by atoms with Gasteiger partial charge in [-0.1, -0.05) is 13.8 Å². The van der Waals surface area contributed by atoms with Gasteiger partial charge in [-0.15, -0.1) is 0 Å². The third-order valence-corrected chi connectivity index (χ3v) is 2.59. The van der Waals surface area contributed by atoms with Gasteiger partial charge in [0, 0.05) is 19.8 Å². The van der Waals surface area contributed by atoms with Crippen LogP contribution in [0.15, 0.2) is 0 Å². The zero-order valence-corrected chi connectivity index (χ0v) is 10.4. The minimum atomic E-state index is 0.0385. The summed E-state index contributed by atoms with van der Waals surface area (Å²) >= 11 is 0. The standard InChI is InChI=1S/C12H24N2O2/c1-10(2)9-16-8-4-7-14-12(15)11-5-3-6-13-11/h10-11,13H,3-9H2,1-2H3,(H,14,15). The summed E-state index contributed by atoms with van der Waals surface area (Å²) < 4.78 is 5.44. The molecule has 0 aromatic carbocycles. The number of rotatable bonds is 7. The topological polar surface area (TPSA) is 50.4 Å². The summed E-state index contributed by atoms with van der Waals surface area (Å²) in [5, 5.41) is 6.11. The Hall–Kier alpha value is -0.610. The number of amides is 1. The predicted octanol–water partition coefficient (Wildman–Crippen LogP) is 0.917. The second kappa shape index (κ2) is 7.63. The van der Waals surface area contributed by atoms with Crippen molar-refractivity contribution in [2.75, 3.05) is 26.3 Å². The van der Waals surface area contributed by atoms with Crippen LogP contribution < -0.4 is 10.6 Å². The highest BCUT2D eigenvalue weighted by Gasteiger charge is 2.20. The Morgan fingerprint density at radius 2 is 2.38 bits per heavy atom. The van der Waals surface area contributed by atoms with Crippen molar-refractivity contribution in [2.24, 2.45) is 5.92 Å². The van der Waals surface area contributed by atoms with E-state index in [1.165, 1.54) is 0 Å². The summed E-state index contributed by atoms with van der Waals surface area (Å²) in [5.74, 6) is 0.721. The summed E-state index contributed by atoms with van der Waals surface area (Å²) in [7, 11) is 0. The van der Waals surface area contributed by atoms with Crippen molar-refractivity contribution >= 4 is 5.91 Å². The molecule has 1 atom stereocenters. The fourth-order valence-electron chi connectivity index (χ4n) is 1.74. The Bertz CT molecular complexity index is 201.